The number of aromatic carboxylic acids is 1. The van der Waals surface area contributed by atoms with Crippen molar-refractivity contribution in [3.8, 4) is 22.5 Å². The van der Waals surface area contributed by atoms with Crippen LogP contribution in [-0.2, 0) is 24.2 Å². The van der Waals surface area contributed by atoms with E-state index < -0.39 is 5.97 Å². The molecule has 0 amide bonds. The van der Waals surface area contributed by atoms with E-state index in [4.69, 9.17) is 9.72 Å². The van der Waals surface area contributed by atoms with Crippen LogP contribution in [0.2, 0.25) is 0 Å². The third kappa shape index (κ3) is 5.23. The van der Waals surface area contributed by atoms with E-state index in [0.29, 0.717) is 44.2 Å². The van der Waals surface area contributed by atoms with Crippen LogP contribution >= 0.6 is 0 Å². The fourth-order valence-corrected chi connectivity index (χ4v) is 5.19. The molecule has 4 aromatic rings. The van der Waals surface area contributed by atoms with Crippen LogP contribution in [0.4, 0.5) is 0 Å². The zero-order chi connectivity index (χ0) is 26.6. The first kappa shape index (κ1) is 25.7. The molecule has 38 heavy (non-hydrogen) atoms. The average Bonchev–Trinajstić information content (AvgIpc) is 3.56. The number of tetrazole rings is 1. The maximum absolute atomic E-state index is 12.5. The Morgan fingerprint density at radius 1 is 1.05 bits per heavy atom. The molecular formula is C28H33N7O3. The van der Waals surface area contributed by atoms with Gasteiger partial charge in [0.2, 0.25) is 5.82 Å². The summed E-state index contributed by atoms with van der Waals surface area (Å²) in [5, 5.41) is 24.7. The number of aromatic nitrogens is 6. The van der Waals surface area contributed by atoms with Crippen molar-refractivity contribution in [2.24, 2.45) is 0 Å². The summed E-state index contributed by atoms with van der Waals surface area (Å²) in [4.78, 5) is 19.7. The number of morpholine rings is 1. The Kier molecular flexibility index (Phi) is 7.62. The number of ether oxygens (including phenoxy) is 1. The van der Waals surface area contributed by atoms with E-state index >= 15 is 0 Å². The average molecular weight is 516 g/mol. The summed E-state index contributed by atoms with van der Waals surface area (Å²) in [7, 11) is 0. The van der Waals surface area contributed by atoms with E-state index in [2.05, 4.69) is 46.3 Å². The SMILES string of the molecule is CCCc1nc(CN2C(C)COCC2C)c(C(=O)O)n1Cc1ccc(-c2ccccc2-c2nn[nH]n2)cc1. The van der Waals surface area contributed by atoms with Crippen LogP contribution in [0.15, 0.2) is 48.5 Å². The molecule has 5 rings (SSSR count). The van der Waals surface area contributed by atoms with Gasteiger partial charge in [0.1, 0.15) is 5.82 Å². The van der Waals surface area contributed by atoms with Gasteiger partial charge >= 0.3 is 5.97 Å². The van der Waals surface area contributed by atoms with Gasteiger partial charge in [-0.2, -0.15) is 5.21 Å². The molecule has 2 aromatic carbocycles. The number of hydrogen-bond acceptors (Lipinski definition) is 7. The van der Waals surface area contributed by atoms with Crippen LogP contribution in [0.5, 0.6) is 0 Å². The normalized spacial score (nSPS) is 18.1. The number of carbonyl (C=O) groups is 1. The molecule has 1 fully saturated rings. The van der Waals surface area contributed by atoms with E-state index in [-0.39, 0.29) is 17.8 Å². The van der Waals surface area contributed by atoms with Crippen LogP contribution in [-0.4, -0.2) is 71.4 Å². The summed E-state index contributed by atoms with van der Waals surface area (Å²) < 4.78 is 7.54. The lowest BCUT2D eigenvalue weighted by molar-refractivity contribution is -0.0415. The second kappa shape index (κ2) is 11.2. The number of carboxylic acid groups (broad SMARTS) is 1. The monoisotopic (exact) mass is 515 g/mol. The summed E-state index contributed by atoms with van der Waals surface area (Å²) in [6, 6.07) is 16.5. The molecule has 3 heterocycles. The second-order valence-corrected chi connectivity index (χ2v) is 9.85. The van der Waals surface area contributed by atoms with Gasteiger partial charge in [0.15, 0.2) is 5.69 Å². The molecule has 1 saturated heterocycles. The summed E-state index contributed by atoms with van der Waals surface area (Å²) in [5.41, 5.74) is 4.79. The van der Waals surface area contributed by atoms with Crippen molar-refractivity contribution in [1.29, 1.82) is 0 Å². The van der Waals surface area contributed by atoms with Crippen molar-refractivity contribution < 1.29 is 14.6 Å². The summed E-state index contributed by atoms with van der Waals surface area (Å²) >= 11 is 0. The van der Waals surface area contributed by atoms with Crippen LogP contribution in [0.25, 0.3) is 22.5 Å². The van der Waals surface area contributed by atoms with E-state index in [1.165, 1.54) is 0 Å². The number of hydrogen-bond donors (Lipinski definition) is 2. The van der Waals surface area contributed by atoms with E-state index in [0.717, 1.165) is 34.5 Å². The summed E-state index contributed by atoms with van der Waals surface area (Å²) in [6.45, 7) is 8.50. The van der Waals surface area contributed by atoms with Crippen LogP contribution in [0, 0.1) is 0 Å². The fourth-order valence-electron chi connectivity index (χ4n) is 5.19. The largest absolute Gasteiger partial charge is 0.477 e. The minimum Gasteiger partial charge on any atom is -0.477 e. The highest BCUT2D eigenvalue weighted by Crippen LogP contribution is 2.30. The maximum Gasteiger partial charge on any atom is 0.354 e. The lowest BCUT2D eigenvalue weighted by Crippen LogP contribution is -2.49. The lowest BCUT2D eigenvalue weighted by Gasteiger charge is -2.38. The van der Waals surface area contributed by atoms with E-state index in [1.807, 2.05) is 53.1 Å². The Morgan fingerprint density at radius 2 is 1.76 bits per heavy atom. The number of aromatic amines is 1. The zero-order valence-corrected chi connectivity index (χ0v) is 22.0. The van der Waals surface area contributed by atoms with Gasteiger partial charge in [-0.25, -0.2) is 9.78 Å². The Morgan fingerprint density at radius 3 is 2.39 bits per heavy atom. The Labute approximate surface area is 221 Å². The molecule has 0 saturated carbocycles. The molecule has 0 aliphatic carbocycles. The molecule has 2 aromatic heterocycles. The van der Waals surface area contributed by atoms with Gasteiger partial charge in [-0.05, 0) is 42.2 Å². The van der Waals surface area contributed by atoms with Gasteiger partial charge in [-0.15, -0.1) is 10.2 Å². The highest BCUT2D eigenvalue weighted by Gasteiger charge is 2.30. The van der Waals surface area contributed by atoms with Gasteiger partial charge in [0.05, 0.1) is 18.9 Å². The number of imidazole rings is 1. The molecule has 1 aliphatic heterocycles. The first-order valence-corrected chi connectivity index (χ1v) is 13.0. The lowest BCUT2D eigenvalue weighted by atomic mass is 9.98. The van der Waals surface area contributed by atoms with E-state index in [1.54, 1.807) is 0 Å². The van der Waals surface area contributed by atoms with Crippen molar-refractivity contribution in [2.45, 2.75) is 58.8 Å². The minimum atomic E-state index is -0.950. The van der Waals surface area contributed by atoms with E-state index in [9.17, 15) is 9.90 Å². The molecule has 2 N–H and O–H groups in total. The van der Waals surface area contributed by atoms with Crippen molar-refractivity contribution in [3.63, 3.8) is 0 Å². The molecular weight excluding hydrogens is 482 g/mol. The summed E-state index contributed by atoms with van der Waals surface area (Å²) in [5.74, 6) is 0.393. The highest BCUT2D eigenvalue weighted by atomic mass is 16.5. The number of rotatable bonds is 9. The highest BCUT2D eigenvalue weighted by molar-refractivity contribution is 5.87. The number of carboxylic acids is 1. The van der Waals surface area contributed by atoms with Gasteiger partial charge in [-0.1, -0.05) is 55.5 Å². The van der Waals surface area contributed by atoms with Crippen molar-refractivity contribution in [2.75, 3.05) is 13.2 Å². The first-order chi connectivity index (χ1) is 18.5. The topological polar surface area (TPSA) is 122 Å². The molecule has 0 radical (unpaired) electrons. The van der Waals surface area contributed by atoms with Crippen LogP contribution in [0.3, 0.4) is 0 Å². The predicted octanol–water partition coefficient (Wildman–Crippen LogP) is 4.04. The predicted molar refractivity (Wildman–Crippen MR) is 143 cm³/mol. The quantitative estimate of drug-likeness (QED) is 0.343. The van der Waals surface area contributed by atoms with Crippen molar-refractivity contribution in [1.82, 2.24) is 35.1 Å². The standard InChI is InChI=1S/C28H33N7O3/c1-4-7-25-29-24(15-34-18(2)16-38-17-19(34)3)26(28(36)37)35(25)14-20-10-12-21(13-11-20)22-8-5-6-9-23(22)27-30-32-33-31-27/h5-6,8-13,18-19H,4,7,14-17H2,1-3H3,(H,36,37)(H,30,31,32,33). The number of benzene rings is 2. The van der Waals surface area contributed by atoms with Crippen molar-refractivity contribution in [3.05, 3.63) is 71.3 Å². The molecule has 2 unspecified atom stereocenters. The van der Waals surface area contributed by atoms with Crippen LogP contribution in [0.1, 0.15) is 54.8 Å². The summed E-state index contributed by atoms with van der Waals surface area (Å²) in [6.07, 6.45) is 1.59. The third-order valence-electron chi connectivity index (χ3n) is 7.10. The van der Waals surface area contributed by atoms with Gasteiger partial charge in [0.25, 0.3) is 0 Å². The second-order valence-electron chi connectivity index (χ2n) is 9.85. The fraction of sp³-hybridized carbons (Fsp3) is 0.393. The Bertz CT molecular complexity index is 1370. The number of H-pyrrole nitrogens is 1. The van der Waals surface area contributed by atoms with Gasteiger partial charge in [-0.3, -0.25) is 4.90 Å². The number of nitrogens with one attached hydrogen (secondary N) is 1. The maximum atomic E-state index is 12.5. The number of aryl methyl sites for hydroxylation is 1. The number of nitrogens with zero attached hydrogens (tertiary/aromatic N) is 6. The molecule has 1 aliphatic rings. The molecule has 0 bridgehead atoms. The van der Waals surface area contributed by atoms with Crippen LogP contribution < -0.4 is 0 Å². The van der Waals surface area contributed by atoms with Gasteiger partial charge < -0.3 is 14.4 Å². The van der Waals surface area contributed by atoms with Gasteiger partial charge in [0, 0.05) is 37.2 Å². The van der Waals surface area contributed by atoms with Crippen molar-refractivity contribution >= 4 is 5.97 Å². The third-order valence-corrected chi connectivity index (χ3v) is 7.10. The molecule has 10 nitrogen and oxygen atoms in total. The molecule has 198 valence electrons. The Hall–Kier alpha value is -3.89. The molecule has 0 spiro atoms. The Balaban J connectivity index is 1.45. The first-order valence-electron chi connectivity index (χ1n) is 13.0. The smallest absolute Gasteiger partial charge is 0.354 e. The molecule has 10 heteroatoms. The molecule has 2 atom stereocenters. The minimum absolute atomic E-state index is 0.197. The zero-order valence-electron chi connectivity index (χ0n) is 22.0.